The van der Waals surface area contributed by atoms with E-state index in [2.05, 4.69) is 17.2 Å². The van der Waals surface area contributed by atoms with Gasteiger partial charge in [0.15, 0.2) is 0 Å². The number of nitrogens with zero attached hydrogens (tertiary/aromatic N) is 1. The summed E-state index contributed by atoms with van der Waals surface area (Å²) in [5.41, 5.74) is 4.00. The van der Waals surface area contributed by atoms with Crippen LogP contribution >= 0.6 is 0 Å². The molecule has 1 aliphatic carbocycles. The first-order valence-corrected chi connectivity index (χ1v) is 6.57. The molecule has 0 spiro atoms. The van der Waals surface area contributed by atoms with Crippen LogP contribution in [0.5, 0.6) is 0 Å². The van der Waals surface area contributed by atoms with E-state index in [1.54, 1.807) is 6.20 Å². The summed E-state index contributed by atoms with van der Waals surface area (Å²) < 4.78 is 0. The van der Waals surface area contributed by atoms with Gasteiger partial charge in [0.05, 0.1) is 5.69 Å². The van der Waals surface area contributed by atoms with Gasteiger partial charge in [0.1, 0.15) is 0 Å². The minimum absolute atomic E-state index is 0.135. The second-order valence-corrected chi connectivity index (χ2v) is 5.01. The van der Waals surface area contributed by atoms with Crippen LogP contribution < -0.4 is 5.32 Å². The van der Waals surface area contributed by atoms with Crippen molar-refractivity contribution in [3.8, 4) is 11.3 Å². The molecule has 19 heavy (non-hydrogen) atoms. The highest BCUT2D eigenvalue weighted by Crippen LogP contribution is 2.31. The van der Waals surface area contributed by atoms with Crippen molar-refractivity contribution < 1.29 is 4.79 Å². The van der Waals surface area contributed by atoms with Gasteiger partial charge in [-0.2, -0.15) is 0 Å². The lowest BCUT2D eigenvalue weighted by Crippen LogP contribution is -2.13. The molecule has 1 aromatic carbocycles. The zero-order chi connectivity index (χ0) is 13.2. The Morgan fingerprint density at radius 2 is 2.11 bits per heavy atom. The number of amides is 1. The first-order valence-electron chi connectivity index (χ1n) is 6.57. The molecule has 3 nitrogen and oxygen atoms in total. The standard InChI is InChI=1S/C16H16N2O/c1-11-5-8-13(18-16(19)12-6-7-12)10-14(11)15-4-2-3-9-17-15/h2-5,8-10,12H,6-7H2,1H3,(H,18,19). The smallest absolute Gasteiger partial charge is 0.227 e. The molecule has 3 rings (SSSR count). The number of pyridine rings is 1. The molecule has 1 amide bonds. The summed E-state index contributed by atoms with van der Waals surface area (Å²) in [4.78, 5) is 16.1. The van der Waals surface area contributed by atoms with E-state index >= 15 is 0 Å². The third-order valence-corrected chi connectivity index (χ3v) is 3.39. The Bertz CT molecular complexity index is 603. The molecule has 0 radical (unpaired) electrons. The molecule has 2 aromatic rings. The average molecular weight is 252 g/mol. The molecule has 1 N–H and O–H groups in total. The van der Waals surface area contributed by atoms with Crippen molar-refractivity contribution in [3.63, 3.8) is 0 Å². The minimum atomic E-state index is 0.135. The van der Waals surface area contributed by atoms with Crippen molar-refractivity contribution in [1.82, 2.24) is 4.98 Å². The van der Waals surface area contributed by atoms with Crippen LogP contribution in [0.25, 0.3) is 11.3 Å². The second-order valence-electron chi connectivity index (χ2n) is 5.01. The van der Waals surface area contributed by atoms with Crippen LogP contribution in [-0.2, 0) is 4.79 Å². The van der Waals surface area contributed by atoms with E-state index in [0.29, 0.717) is 0 Å². The average Bonchev–Trinajstić information content (AvgIpc) is 3.26. The van der Waals surface area contributed by atoms with Crippen molar-refractivity contribution in [2.75, 3.05) is 5.32 Å². The maximum Gasteiger partial charge on any atom is 0.227 e. The van der Waals surface area contributed by atoms with Crippen LogP contribution in [0.4, 0.5) is 5.69 Å². The first kappa shape index (κ1) is 11.9. The summed E-state index contributed by atoms with van der Waals surface area (Å²) in [5.74, 6) is 0.357. The third kappa shape index (κ3) is 2.65. The highest BCUT2D eigenvalue weighted by molar-refractivity contribution is 5.94. The zero-order valence-electron chi connectivity index (χ0n) is 10.9. The monoisotopic (exact) mass is 252 g/mol. The molecule has 1 aromatic heterocycles. The topological polar surface area (TPSA) is 42.0 Å². The second kappa shape index (κ2) is 4.84. The molecule has 1 aliphatic rings. The number of hydrogen-bond donors (Lipinski definition) is 1. The lowest BCUT2D eigenvalue weighted by Gasteiger charge is -2.09. The van der Waals surface area contributed by atoms with Crippen molar-refractivity contribution in [2.45, 2.75) is 19.8 Å². The zero-order valence-corrected chi connectivity index (χ0v) is 10.9. The summed E-state index contributed by atoms with van der Waals surface area (Å²) in [6.07, 6.45) is 3.82. The number of aryl methyl sites for hydroxylation is 1. The number of nitrogens with one attached hydrogen (secondary N) is 1. The number of carbonyl (C=O) groups excluding carboxylic acids is 1. The van der Waals surface area contributed by atoms with Gasteiger partial charge in [0, 0.05) is 23.4 Å². The van der Waals surface area contributed by atoms with Crippen LogP contribution in [0.1, 0.15) is 18.4 Å². The molecule has 3 heteroatoms. The Labute approximate surface area is 112 Å². The molecule has 0 aliphatic heterocycles. The third-order valence-electron chi connectivity index (χ3n) is 3.39. The van der Waals surface area contributed by atoms with Gasteiger partial charge in [0.25, 0.3) is 0 Å². The molecule has 1 heterocycles. The molecule has 0 unspecified atom stereocenters. The first-order chi connectivity index (χ1) is 9.24. The number of benzene rings is 1. The molecule has 0 saturated heterocycles. The Kier molecular flexibility index (Phi) is 3.03. The van der Waals surface area contributed by atoms with E-state index in [1.165, 1.54) is 0 Å². The largest absolute Gasteiger partial charge is 0.326 e. The molecular weight excluding hydrogens is 236 g/mol. The quantitative estimate of drug-likeness (QED) is 0.909. The van der Waals surface area contributed by atoms with Crippen molar-refractivity contribution >= 4 is 11.6 Å². The number of hydrogen-bond acceptors (Lipinski definition) is 2. The van der Waals surface area contributed by atoms with Gasteiger partial charge in [-0.15, -0.1) is 0 Å². The van der Waals surface area contributed by atoms with E-state index in [1.807, 2.05) is 36.4 Å². The van der Waals surface area contributed by atoms with Crippen LogP contribution in [-0.4, -0.2) is 10.9 Å². The molecule has 1 saturated carbocycles. The molecule has 0 bridgehead atoms. The summed E-state index contributed by atoms with van der Waals surface area (Å²) in [6.45, 7) is 2.05. The predicted octanol–water partition coefficient (Wildman–Crippen LogP) is 3.41. The summed E-state index contributed by atoms with van der Waals surface area (Å²) in [6, 6.07) is 11.8. The maximum atomic E-state index is 11.8. The Morgan fingerprint density at radius 3 is 2.79 bits per heavy atom. The number of rotatable bonds is 3. The lowest BCUT2D eigenvalue weighted by molar-refractivity contribution is -0.117. The van der Waals surface area contributed by atoms with E-state index in [-0.39, 0.29) is 11.8 Å². The van der Waals surface area contributed by atoms with Gasteiger partial charge in [-0.25, -0.2) is 0 Å². The van der Waals surface area contributed by atoms with Crippen LogP contribution in [0.15, 0.2) is 42.6 Å². The maximum absolute atomic E-state index is 11.8. The number of aromatic nitrogens is 1. The van der Waals surface area contributed by atoms with E-state index in [9.17, 15) is 4.79 Å². The Balaban J connectivity index is 1.89. The van der Waals surface area contributed by atoms with E-state index in [0.717, 1.165) is 35.3 Å². The minimum Gasteiger partial charge on any atom is -0.326 e. The molecule has 96 valence electrons. The fourth-order valence-electron chi connectivity index (χ4n) is 2.09. The van der Waals surface area contributed by atoms with Crippen LogP contribution in [0.2, 0.25) is 0 Å². The highest BCUT2D eigenvalue weighted by Gasteiger charge is 2.29. The van der Waals surface area contributed by atoms with Gasteiger partial charge in [0.2, 0.25) is 5.91 Å². The summed E-state index contributed by atoms with van der Waals surface area (Å²) in [5, 5.41) is 2.97. The van der Waals surface area contributed by atoms with Gasteiger partial charge in [-0.05, 0) is 49.6 Å². The normalized spacial score (nSPS) is 14.2. The van der Waals surface area contributed by atoms with Crippen LogP contribution in [0, 0.1) is 12.8 Å². The van der Waals surface area contributed by atoms with Crippen LogP contribution in [0.3, 0.4) is 0 Å². The van der Waals surface area contributed by atoms with Gasteiger partial charge in [-0.1, -0.05) is 12.1 Å². The number of anilines is 1. The van der Waals surface area contributed by atoms with Crippen molar-refractivity contribution in [2.24, 2.45) is 5.92 Å². The summed E-state index contributed by atoms with van der Waals surface area (Å²) >= 11 is 0. The molecule has 1 fully saturated rings. The predicted molar refractivity (Wildman–Crippen MR) is 75.8 cm³/mol. The summed E-state index contributed by atoms with van der Waals surface area (Å²) in [7, 11) is 0. The molecule has 0 atom stereocenters. The number of carbonyl (C=O) groups is 1. The van der Waals surface area contributed by atoms with E-state index < -0.39 is 0 Å². The van der Waals surface area contributed by atoms with E-state index in [4.69, 9.17) is 0 Å². The van der Waals surface area contributed by atoms with Gasteiger partial charge >= 0.3 is 0 Å². The van der Waals surface area contributed by atoms with Crippen molar-refractivity contribution in [1.29, 1.82) is 0 Å². The molecular formula is C16H16N2O. The Morgan fingerprint density at radius 1 is 1.26 bits per heavy atom. The van der Waals surface area contributed by atoms with Gasteiger partial charge in [-0.3, -0.25) is 9.78 Å². The highest BCUT2D eigenvalue weighted by atomic mass is 16.2. The Hall–Kier alpha value is -2.16. The SMILES string of the molecule is Cc1ccc(NC(=O)C2CC2)cc1-c1ccccn1. The fourth-order valence-corrected chi connectivity index (χ4v) is 2.09. The lowest BCUT2D eigenvalue weighted by atomic mass is 10.0. The van der Waals surface area contributed by atoms with Crippen molar-refractivity contribution in [3.05, 3.63) is 48.2 Å². The fraction of sp³-hybridized carbons (Fsp3) is 0.250. The van der Waals surface area contributed by atoms with Gasteiger partial charge < -0.3 is 5.32 Å².